The molecular weight excluding hydrogens is 345 g/mol. The van der Waals surface area contributed by atoms with E-state index in [-0.39, 0.29) is 11.5 Å². The van der Waals surface area contributed by atoms with E-state index in [0.29, 0.717) is 23.8 Å². The third-order valence-corrected chi connectivity index (χ3v) is 4.21. The number of aryl methyl sites for hydroxylation is 2. The summed E-state index contributed by atoms with van der Waals surface area (Å²) < 4.78 is 16.0. The van der Waals surface area contributed by atoms with Gasteiger partial charge in [-0.25, -0.2) is 23.3 Å². The highest BCUT2D eigenvalue weighted by Crippen LogP contribution is 2.16. The van der Waals surface area contributed by atoms with E-state index in [9.17, 15) is 9.18 Å². The van der Waals surface area contributed by atoms with Crippen molar-refractivity contribution >= 4 is 17.3 Å². The first-order valence-electron chi connectivity index (χ1n) is 8.55. The Morgan fingerprint density at radius 2 is 1.85 bits per heavy atom. The van der Waals surface area contributed by atoms with Gasteiger partial charge >= 0.3 is 5.69 Å². The number of fused-ring (bicyclic) bond motifs is 1. The average molecular weight is 363 g/mol. The van der Waals surface area contributed by atoms with Gasteiger partial charge in [-0.2, -0.15) is 0 Å². The lowest BCUT2D eigenvalue weighted by Crippen LogP contribution is -2.23. The predicted molar refractivity (Wildman–Crippen MR) is 102 cm³/mol. The van der Waals surface area contributed by atoms with Crippen molar-refractivity contribution in [3.63, 3.8) is 0 Å². The van der Waals surface area contributed by atoms with Crippen molar-refractivity contribution in [2.75, 3.05) is 5.32 Å². The van der Waals surface area contributed by atoms with Gasteiger partial charge in [0, 0.05) is 17.4 Å². The van der Waals surface area contributed by atoms with Crippen LogP contribution in [0.2, 0.25) is 0 Å². The van der Waals surface area contributed by atoms with Gasteiger partial charge in [0.05, 0.1) is 6.54 Å². The maximum absolute atomic E-state index is 13.1. The lowest BCUT2D eigenvalue weighted by Gasteiger charge is -2.07. The van der Waals surface area contributed by atoms with Crippen LogP contribution >= 0.6 is 0 Å². The van der Waals surface area contributed by atoms with Crippen molar-refractivity contribution in [1.82, 2.24) is 19.2 Å². The second-order valence-corrected chi connectivity index (χ2v) is 6.48. The molecule has 0 aliphatic heterocycles. The first-order valence-corrected chi connectivity index (χ1v) is 8.55. The second-order valence-electron chi connectivity index (χ2n) is 6.48. The molecule has 0 spiro atoms. The molecule has 0 radical (unpaired) electrons. The second kappa shape index (κ2) is 6.68. The highest BCUT2D eigenvalue weighted by atomic mass is 19.1. The number of nitrogens with zero attached hydrogens (tertiary/aromatic N) is 4. The van der Waals surface area contributed by atoms with Crippen LogP contribution in [-0.2, 0) is 6.54 Å². The Labute approximate surface area is 154 Å². The molecule has 0 fully saturated rings. The van der Waals surface area contributed by atoms with Gasteiger partial charge in [0.2, 0.25) is 5.95 Å². The van der Waals surface area contributed by atoms with E-state index < -0.39 is 0 Å². The largest absolute Gasteiger partial charge is 0.353 e. The van der Waals surface area contributed by atoms with Crippen LogP contribution in [0.1, 0.15) is 16.8 Å². The van der Waals surface area contributed by atoms with Crippen LogP contribution in [0.15, 0.2) is 59.4 Å². The van der Waals surface area contributed by atoms with Crippen LogP contribution < -0.4 is 11.0 Å². The van der Waals surface area contributed by atoms with E-state index in [0.717, 1.165) is 16.8 Å². The Hall–Kier alpha value is -3.48. The zero-order chi connectivity index (χ0) is 19.0. The summed E-state index contributed by atoms with van der Waals surface area (Å²) in [6.45, 7) is 4.21. The Morgan fingerprint density at radius 1 is 1.07 bits per heavy atom. The molecule has 2 heterocycles. The Balaban J connectivity index is 1.77. The Kier molecular flexibility index (Phi) is 4.19. The smallest absolute Gasteiger partial charge is 0.325 e. The number of anilines is 2. The van der Waals surface area contributed by atoms with Crippen LogP contribution in [0.4, 0.5) is 16.0 Å². The van der Waals surface area contributed by atoms with Gasteiger partial charge in [-0.05, 0) is 43.7 Å². The summed E-state index contributed by atoms with van der Waals surface area (Å²) in [6, 6.07) is 15.6. The molecular formula is C20H18FN5O. The fraction of sp³-hybridized carbons (Fsp3) is 0.150. The minimum atomic E-state index is -0.328. The van der Waals surface area contributed by atoms with Crippen LogP contribution in [0.5, 0.6) is 0 Å². The standard InChI is InChI=1S/C20H18FN5O/c1-13-4-3-5-15(10-13)12-25-20(27)26-18(24-25)11-14(2)22-19(26)23-17-8-6-16(21)7-9-17/h3-11H,12H2,1-2H3,(H,22,23). The molecule has 0 aliphatic rings. The van der Waals surface area contributed by atoms with Crippen LogP contribution in [0, 0.1) is 19.7 Å². The molecule has 4 rings (SSSR count). The van der Waals surface area contributed by atoms with Gasteiger partial charge in [0.1, 0.15) is 5.82 Å². The van der Waals surface area contributed by atoms with Gasteiger partial charge in [-0.1, -0.05) is 29.8 Å². The SMILES string of the molecule is Cc1cccc(Cn2nc3cc(C)nc(Nc4ccc(F)cc4)n3c2=O)c1. The maximum atomic E-state index is 13.1. The van der Waals surface area contributed by atoms with E-state index in [1.54, 1.807) is 18.2 Å². The molecule has 27 heavy (non-hydrogen) atoms. The Morgan fingerprint density at radius 3 is 2.59 bits per heavy atom. The molecule has 0 saturated heterocycles. The van der Waals surface area contributed by atoms with Gasteiger partial charge < -0.3 is 5.32 Å². The molecule has 0 bridgehead atoms. The van der Waals surface area contributed by atoms with Crippen molar-refractivity contribution in [3.05, 3.63) is 87.7 Å². The number of benzene rings is 2. The average Bonchev–Trinajstić information content (AvgIpc) is 2.92. The van der Waals surface area contributed by atoms with Crippen LogP contribution in [0.25, 0.3) is 5.65 Å². The highest BCUT2D eigenvalue weighted by molar-refractivity contribution is 5.56. The molecule has 0 unspecified atom stereocenters. The topological polar surface area (TPSA) is 64.2 Å². The summed E-state index contributed by atoms with van der Waals surface area (Å²) >= 11 is 0. The summed E-state index contributed by atoms with van der Waals surface area (Å²) in [4.78, 5) is 17.3. The first kappa shape index (κ1) is 17.0. The molecule has 2 aromatic carbocycles. The minimum absolute atomic E-state index is 0.288. The summed E-state index contributed by atoms with van der Waals surface area (Å²) in [5, 5.41) is 7.52. The van der Waals surface area contributed by atoms with Gasteiger partial charge in [-0.15, -0.1) is 5.10 Å². The number of nitrogens with one attached hydrogen (secondary N) is 1. The van der Waals surface area contributed by atoms with Gasteiger partial charge in [-0.3, -0.25) is 0 Å². The number of hydrogen-bond donors (Lipinski definition) is 1. The fourth-order valence-electron chi connectivity index (χ4n) is 2.99. The molecule has 0 aliphatic carbocycles. The third kappa shape index (κ3) is 3.44. The molecule has 2 aromatic heterocycles. The number of aromatic nitrogens is 4. The van der Waals surface area contributed by atoms with Gasteiger partial charge in [0.25, 0.3) is 0 Å². The predicted octanol–water partition coefficient (Wildman–Crippen LogP) is 3.44. The lowest BCUT2D eigenvalue weighted by molar-refractivity contribution is 0.628. The van der Waals surface area contributed by atoms with Crippen molar-refractivity contribution < 1.29 is 4.39 Å². The fourth-order valence-corrected chi connectivity index (χ4v) is 2.99. The molecule has 4 aromatic rings. The van der Waals surface area contributed by atoms with E-state index in [1.807, 2.05) is 38.1 Å². The quantitative estimate of drug-likeness (QED) is 0.603. The normalized spacial score (nSPS) is 11.1. The van der Waals surface area contributed by atoms with E-state index in [4.69, 9.17) is 0 Å². The van der Waals surface area contributed by atoms with Crippen molar-refractivity contribution in [1.29, 1.82) is 0 Å². The molecule has 0 atom stereocenters. The molecule has 1 N–H and O–H groups in total. The summed E-state index contributed by atoms with van der Waals surface area (Å²) in [5.41, 5.74) is 3.70. The zero-order valence-corrected chi connectivity index (χ0v) is 15.0. The summed E-state index contributed by atoms with van der Waals surface area (Å²) in [6.07, 6.45) is 0. The molecule has 0 saturated carbocycles. The lowest BCUT2D eigenvalue weighted by atomic mass is 10.1. The molecule has 136 valence electrons. The zero-order valence-electron chi connectivity index (χ0n) is 15.0. The van der Waals surface area contributed by atoms with Crippen molar-refractivity contribution in [2.24, 2.45) is 0 Å². The Bertz CT molecular complexity index is 1180. The minimum Gasteiger partial charge on any atom is -0.325 e. The monoisotopic (exact) mass is 363 g/mol. The van der Waals surface area contributed by atoms with Crippen molar-refractivity contribution in [3.8, 4) is 0 Å². The highest BCUT2D eigenvalue weighted by Gasteiger charge is 2.13. The van der Waals surface area contributed by atoms with Crippen LogP contribution in [0.3, 0.4) is 0 Å². The number of hydrogen-bond acceptors (Lipinski definition) is 4. The molecule has 7 heteroatoms. The number of halogens is 1. The summed E-state index contributed by atoms with van der Waals surface area (Å²) in [5.74, 6) is 0.0168. The third-order valence-electron chi connectivity index (χ3n) is 4.21. The van der Waals surface area contributed by atoms with Gasteiger partial charge in [0.15, 0.2) is 5.65 Å². The first-order chi connectivity index (χ1) is 13.0. The number of rotatable bonds is 4. The summed E-state index contributed by atoms with van der Waals surface area (Å²) in [7, 11) is 0. The van der Waals surface area contributed by atoms with Crippen LogP contribution in [-0.4, -0.2) is 19.2 Å². The maximum Gasteiger partial charge on any atom is 0.353 e. The van der Waals surface area contributed by atoms with E-state index in [1.165, 1.54) is 21.2 Å². The van der Waals surface area contributed by atoms with E-state index >= 15 is 0 Å². The molecule has 6 nitrogen and oxygen atoms in total. The van der Waals surface area contributed by atoms with Crippen molar-refractivity contribution in [2.45, 2.75) is 20.4 Å². The van der Waals surface area contributed by atoms with E-state index in [2.05, 4.69) is 15.4 Å². The molecule has 0 amide bonds.